The number of ether oxygens (including phenoxy) is 1. The van der Waals surface area contributed by atoms with Crippen LogP contribution < -0.4 is 20.7 Å². The Morgan fingerprint density at radius 1 is 0.864 bits per heavy atom. The van der Waals surface area contributed by atoms with Crippen LogP contribution >= 0.6 is 0 Å². The molecule has 3 aromatic carbocycles. The Morgan fingerprint density at radius 3 is 2.23 bits per heavy atom. The molecule has 236 valence electrons. The number of hydrogen-bond donors (Lipinski definition) is 5. The number of aliphatic hydroxyl groups excluding tert-OH is 1. The van der Waals surface area contributed by atoms with Gasteiger partial charge in [-0.05, 0) is 42.2 Å². The maximum absolute atomic E-state index is 13.1. The van der Waals surface area contributed by atoms with Gasteiger partial charge in [-0.3, -0.25) is 14.4 Å². The molecule has 0 saturated carbocycles. The van der Waals surface area contributed by atoms with Crippen LogP contribution in [0.5, 0.6) is 5.75 Å². The zero-order valence-corrected chi connectivity index (χ0v) is 25.5. The predicted octanol–water partition coefficient (Wildman–Crippen LogP) is 3.46. The van der Waals surface area contributed by atoms with Crippen molar-refractivity contribution < 1.29 is 34.1 Å². The van der Waals surface area contributed by atoms with Gasteiger partial charge in [-0.2, -0.15) is 0 Å². The number of nitrogens with one attached hydrogen (secondary N) is 3. The fourth-order valence-corrected chi connectivity index (χ4v) is 4.87. The topological polar surface area (TPSA) is 154 Å². The summed E-state index contributed by atoms with van der Waals surface area (Å²) in [6.07, 6.45) is -0.759. The fraction of sp³-hybridized carbons (Fsp3) is 0.412. The predicted molar refractivity (Wildman–Crippen MR) is 168 cm³/mol. The molecule has 0 bridgehead atoms. The van der Waals surface area contributed by atoms with Gasteiger partial charge in [0.15, 0.2) is 6.61 Å². The van der Waals surface area contributed by atoms with E-state index in [0.29, 0.717) is 18.7 Å². The highest BCUT2D eigenvalue weighted by Crippen LogP contribution is 2.25. The summed E-state index contributed by atoms with van der Waals surface area (Å²) in [5.41, 5.74) is 0.850. The van der Waals surface area contributed by atoms with Crippen molar-refractivity contribution in [1.82, 2.24) is 16.0 Å². The van der Waals surface area contributed by atoms with Crippen molar-refractivity contribution >= 4 is 34.5 Å². The van der Waals surface area contributed by atoms with Crippen molar-refractivity contribution in [3.63, 3.8) is 0 Å². The van der Waals surface area contributed by atoms with E-state index in [-0.39, 0.29) is 24.7 Å². The largest absolute Gasteiger partial charge is 0.483 e. The van der Waals surface area contributed by atoms with E-state index in [1.54, 1.807) is 12.1 Å². The summed E-state index contributed by atoms with van der Waals surface area (Å²) in [5.74, 6) is -2.62. The molecule has 0 aliphatic carbocycles. The quantitative estimate of drug-likeness (QED) is 0.158. The van der Waals surface area contributed by atoms with Gasteiger partial charge in [-0.15, -0.1) is 0 Å². The summed E-state index contributed by atoms with van der Waals surface area (Å²) < 4.78 is 5.65. The molecule has 10 heteroatoms. The standard InChI is InChI=1S/C34H43N3O7/c1-4-24(33(41)35-20-22(2)3)18-29(38)27(17-23-11-6-5-7-12-23)36-31(39)19-28(34(42)43)37-32(40)21-44-30-16-10-14-25-13-8-9-15-26(25)30/h5-16,22,24,27-29,38H,4,17-21H2,1-3H3,(H,35,41)(H,36,39)(H,37,40)(H,42,43)/t24-,27+,28+,29+/m1/s1. The zero-order valence-electron chi connectivity index (χ0n) is 25.5. The fourth-order valence-electron chi connectivity index (χ4n) is 4.87. The number of aliphatic hydroxyl groups is 1. The third-order valence-corrected chi connectivity index (χ3v) is 7.31. The van der Waals surface area contributed by atoms with E-state index in [1.807, 2.05) is 81.4 Å². The molecule has 3 rings (SSSR count). The number of rotatable bonds is 17. The Kier molecular flexibility index (Phi) is 13.2. The first-order valence-corrected chi connectivity index (χ1v) is 15.0. The van der Waals surface area contributed by atoms with Crippen LogP contribution in [0.25, 0.3) is 10.8 Å². The first kappa shape index (κ1) is 34.1. The maximum Gasteiger partial charge on any atom is 0.326 e. The van der Waals surface area contributed by atoms with Crippen LogP contribution in [0, 0.1) is 11.8 Å². The molecule has 3 aromatic rings. The van der Waals surface area contributed by atoms with Crippen molar-refractivity contribution in [2.45, 2.75) is 64.6 Å². The van der Waals surface area contributed by atoms with Crippen LogP contribution in [0.3, 0.4) is 0 Å². The number of amides is 3. The Hall–Kier alpha value is -4.44. The van der Waals surface area contributed by atoms with Crippen molar-refractivity contribution in [3.8, 4) is 5.75 Å². The van der Waals surface area contributed by atoms with Crippen LogP contribution in [-0.2, 0) is 25.6 Å². The Labute approximate surface area is 258 Å². The minimum absolute atomic E-state index is 0.114. The third-order valence-electron chi connectivity index (χ3n) is 7.31. The summed E-state index contributed by atoms with van der Waals surface area (Å²) in [7, 11) is 0. The van der Waals surface area contributed by atoms with E-state index in [2.05, 4.69) is 16.0 Å². The lowest BCUT2D eigenvalue weighted by molar-refractivity contribution is -0.144. The molecule has 0 radical (unpaired) electrons. The monoisotopic (exact) mass is 605 g/mol. The third kappa shape index (κ3) is 10.7. The number of hydrogen-bond acceptors (Lipinski definition) is 6. The van der Waals surface area contributed by atoms with Gasteiger partial charge >= 0.3 is 5.97 Å². The van der Waals surface area contributed by atoms with Crippen LogP contribution in [0.1, 0.15) is 45.6 Å². The molecule has 0 aliphatic rings. The molecule has 10 nitrogen and oxygen atoms in total. The number of aliphatic carboxylic acids is 1. The summed E-state index contributed by atoms with van der Waals surface area (Å²) in [5, 5.41) is 30.7. The Bertz CT molecular complexity index is 1390. The number of carbonyl (C=O) groups excluding carboxylic acids is 3. The molecule has 3 amide bonds. The normalized spacial score (nSPS) is 13.8. The lowest BCUT2D eigenvalue weighted by atomic mass is 9.91. The second-order valence-electron chi connectivity index (χ2n) is 11.3. The number of carbonyl (C=O) groups is 4. The molecule has 0 aliphatic heterocycles. The second-order valence-corrected chi connectivity index (χ2v) is 11.3. The van der Waals surface area contributed by atoms with Crippen molar-refractivity contribution in [3.05, 3.63) is 78.4 Å². The van der Waals surface area contributed by atoms with Gasteiger partial charge in [0.1, 0.15) is 11.8 Å². The number of fused-ring (bicyclic) bond motifs is 1. The van der Waals surface area contributed by atoms with Crippen LogP contribution in [-0.4, -0.2) is 65.2 Å². The Morgan fingerprint density at radius 2 is 1.55 bits per heavy atom. The van der Waals surface area contributed by atoms with Gasteiger partial charge in [0, 0.05) is 17.8 Å². The van der Waals surface area contributed by atoms with Crippen molar-refractivity contribution in [2.75, 3.05) is 13.2 Å². The number of carboxylic acids is 1. The first-order valence-electron chi connectivity index (χ1n) is 15.0. The smallest absolute Gasteiger partial charge is 0.326 e. The van der Waals surface area contributed by atoms with Gasteiger partial charge in [-0.1, -0.05) is 87.5 Å². The molecule has 0 heterocycles. The minimum atomic E-state index is -1.52. The molecule has 44 heavy (non-hydrogen) atoms. The van der Waals surface area contributed by atoms with Crippen molar-refractivity contribution in [1.29, 1.82) is 0 Å². The van der Waals surface area contributed by atoms with E-state index in [0.717, 1.165) is 16.3 Å². The molecular weight excluding hydrogens is 562 g/mol. The van der Waals surface area contributed by atoms with E-state index < -0.39 is 54.9 Å². The summed E-state index contributed by atoms with van der Waals surface area (Å²) in [6.45, 7) is 5.93. The minimum Gasteiger partial charge on any atom is -0.483 e. The Balaban J connectivity index is 1.64. The van der Waals surface area contributed by atoms with Gasteiger partial charge in [0.05, 0.1) is 18.6 Å². The molecule has 0 unspecified atom stereocenters. The zero-order chi connectivity index (χ0) is 32.1. The average molecular weight is 606 g/mol. The molecule has 5 N–H and O–H groups in total. The SMILES string of the molecule is CC[C@H](C[C@H](O)[C@H](Cc1ccccc1)NC(=O)C[C@H](NC(=O)COc1cccc2ccccc12)C(=O)O)C(=O)NCC(C)C. The van der Waals surface area contributed by atoms with Gasteiger partial charge in [0.25, 0.3) is 5.91 Å². The number of benzene rings is 3. The van der Waals surface area contributed by atoms with Crippen LogP contribution in [0.4, 0.5) is 0 Å². The molecule has 4 atom stereocenters. The molecule has 0 saturated heterocycles. The highest BCUT2D eigenvalue weighted by Gasteiger charge is 2.30. The molecular formula is C34H43N3O7. The summed E-state index contributed by atoms with van der Waals surface area (Å²) in [4.78, 5) is 50.4. The van der Waals surface area contributed by atoms with E-state index in [1.165, 1.54) is 0 Å². The molecule has 0 spiro atoms. The van der Waals surface area contributed by atoms with E-state index in [4.69, 9.17) is 4.74 Å². The van der Waals surface area contributed by atoms with Crippen LogP contribution in [0.2, 0.25) is 0 Å². The summed E-state index contributed by atoms with van der Waals surface area (Å²) >= 11 is 0. The van der Waals surface area contributed by atoms with Gasteiger partial charge in [0.2, 0.25) is 11.8 Å². The van der Waals surface area contributed by atoms with Gasteiger partial charge in [-0.25, -0.2) is 4.79 Å². The van der Waals surface area contributed by atoms with E-state index in [9.17, 15) is 29.4 Å². The maximum atomic E-state index is 13.1. The van der Waals surface area contributed by atoms with E-state index >= 15 is 0 Å². The highest BCUT2D eigenvalue weighted by molar-refractivity contribution is 5.90. The van der Waals surface area contributed by atoms with Gasteiger partial charge < -0.3 is 30.9 Å². The average Bonchev–Trinajstić information content (AvgIpc) is 3.01. The van der Waals surface area contributed by atoms with Crippen LogP contribution in [0.15, 0.2) is 72.8 Å². The number of carboxylic acid groups (broad SMARTS) is 1. The molecule has 0 aromatic heterocycles. The first-order chi connectivity index (χ1) is 21.1. The lowest BCUT2D eigenvalue weighted by Crippen LogP contribution is -2.50. The highest BCUT2D eigenvalue weighted by atomic mass is 16.5. The lowest BCUT2D eigenvalue weighted by Gasteiger charge is -2.28. The second kappa shape index (κ2) is 17.0. The molecule has 0 fully saturated rings. The summed E-state index contributed by atoms with van der Waals surface area (Å²) in [6, 6.07) is 19.8. The van der Waals surface area contributed by atoms with Crippen molar-refractivity contribution in [2.24, 2.45) is 11.8 Å².